The molecule has 0 radical (unpaired) electrons. The van der Waals surface area contributed by atoms with E-state index in [0.29, 0.717) is 5.92 Å². The van der Waals surface area contributed by atoms with Gasteiger partial charge in [-0.05, 0) is 32.8 Å². The van der Waals surface area contributed by atoms with Crippen LogP contribution in [0.15, 0.2) is 6.07 Å². The van der Waals surface area contributed by atoms with E-state index in [0.717, 1.165) is 22.9 Å². The zero-order chi connectivity index (χ0) is 14.2. The number of hydrogen-bond donors (Lipinski definition) is 1. The molecular formula is C15H21N3S. The summed E-state index contributed by atoms with van der Waals surface area (Å²) in [6, 6.07) is 2.17. The summed E-state index contributed by atoms with van der Waals surface area (Å²) in [5.74, 6) is 2.19. The summed E-state index contributed by atoms with van der Waals surface area (Å²) in [6.45, 7) is 10.7. The van der Waals surface area contributed by atoms with Gasteiger partial charge in [0.25, 0.3) is 0 Å². The van der Waals surface area contributed by atoms with Crippen molar-refractivity contribution in [2.75, 3.05) is 12.4 Å². The SMILES string of the molecule is CNc1nc(-c2cc(C)sc2C)nc(C)c1C(C)C. The molecule has 0 aliphatic rings. The molecular weight excluding hydrogens is 254 g/mol. The maximum atomic E-state index is 4.70. The van der Waals surface area contributed by atoms with Crippen LogP contribution in [0.4, 0.5) is 5.82 Å². The Balaban J connectivity index is 2.61. The number of thiophene rings is 1. The molecule has 0 amide bonds. The standard InChI is InChI=1S/C15H21N3S/c1-8(2)13-10(4)17-14(18-15(13)16-6)12-7-9(3)19-11(12)5/h7-8H,1-6H3,(H,16,17,18). The summed E-state index contributed by atoms with van der Waals surface area (Å²) in [7, 11) is 1.92. The van der Waals surface area contributed by atoms with Gasteiger partial charge in [-0.3, -0.25) is 0 Å². The van der Waals surface area contributed by atoms with Gasteiger partial charge in [-0.1, -0.05) is 13.8 Å². The Morgan fingerprint density at radius 3 is 2.32 bits per heavy atom. The van der Waals surface area contributed by atoms with Gasteiger partial charge in [-0.25, -0.2) is 9.97 Å². The maximum absolute atomic E-state index is 4.70. The van der Waals surface area contributed by atoms with Crippen LogP contribution >= 0.6 is 11.3 Å². The molecule has 0 unspecified atom stereocenters. The first-order valence-electron chi connectivity index (χ1n) is 6.57. The molecule has 0 saturated carbocycles. The summed E-state index contributed by atoms with van der Waals surface area (Å²) >= 11 is 1.79. The van der Waals surface area contributed by atoms with Gasteiger partial charge in [0, 0.05) is 33.6 Å². The highest BCUT2D eigenvalue weighted by Gasteiger charge is 2.16. The molecule has 102 valence electrons. The van der Waals surface area contributed by atoms with Crippen molar-refractivity contribution >= 4 is 17.2 Å². The zero-order valence-corrected chi connectivity index (χ0v) is 13.3. The van der Waals surface area contributed by atoms with E-state index in [2.05, 4.69) is 46.0 Å². The van der Waals surface area contributed by atoms with Gasteiger partial charge in [0.05, 0.1) is 0 Å². The predicted molar refractivity (Wildman–Crippen MR) is 83.2 cm³/mol. The molecule has 0 atom stereocenters. The minimum absolute atomic E-state index is 0.418. The third kappa shape index (κ3) is 2.63. The van der Waals surface area contributed by atoms with Crippen LogP contribution in [0.25, 0.3) is 11.4 Å². The van der Waals surface area contributed by atoms with Crippen LogP contribution in [0.5, 0.6) is 0 Å². The summed E-state index contributed by atoms with van der Waals surface area (Å²) in [4.78, 5) is 12.0. The number of nitrogens with one attached hydrogen (secondary N) is 1. The van der Waals surface area contributed by atoms with E-state index in [4.69, 9.17) is 9.97 Å². The first-order chi connectivity index (χ1) is 8.93. The van der Waals surface area contributed by atoms with Gasteiger partial charge in [-0.2, -0.15) is 0 Å². The Morgan fingerprint density at radius 1 is 1.16 bits per heavy atom. The third-order valence-electron chi connectivity index (χ3n) is 3.23. The Hall–Kier alpha value is -1.42. The van der Waals surface area contributed by atoms with Gasteiger partial charge in [0.1, 0.15) is 5.82 Å². The fraction of sp³-hybridized carbons (Fsp3) is 0.467. The number of aromatic nitrogens is 2. The number of anilines is 1. The van der Waals surface area contributed by atoms with Gasteiger partial charge in [-0.15, -0.1) is 11.3 Å². The van der Waals surface area contributed by atoms with E-state index in [9.17, 15) is 0 Å². The van der Waals surface area contributed by atoms with Crippen molar-refractivity contribution in [3.8, 4) is 11.4 Å². The molecule has 2 aromatic heterocycles. The van der Waals surface area contributed by atoms with Gasteiger partial charge in [0.15, 0.2) is 5.82 Å². The molecule has 0 aromatic carbocycles. The molecule has 2 aromatic rings. The van der Waals surface area contributed by atoms with Gasteiger partial charge in [0.2, 0.25) is 0 Å². The molecule has 2 heterocycles. The first-order valence-corrected chi connectivity index (χ1v) is 7.39. The molecule has 2 rings (SSSR count). The van der Waals surface area contributed by atoms with Crippen molar-refractivity contribution in [3.05, 3.63) is 27.1 Å². The fourth-order valence-electron chi connectivity index (χ4n) is 2.44. The Morgan fingerprint density at radius 2 is 1.84 bits per heavy atom. The highest BCUT2D eigenvalue weighted by atomic mass is 32.1. The van der Waals surface area contributed by atoms with E-state index in [1.807, 2.05) is 7.05 Å². The average Bonchev–Trinajstić information content (AvgIpc) is 2.66. The smallest absolute Gasteiger partial charge is 0.162 e. The van der Waals surface area contributed by atoms with Crippen molar-refractivity contribution < 1.29 is 0 Å². The van der Waals surface area contributed by atoms with Crippen molar-refractivity contribution in [1.29, 1.82) is 0 Å². The molecule has 3 nitrogen and oxygen atoms in total. The van der Waals surface area contributed by atoms with Crippen molar-refractivity contribution in [2.24, 2.45) is 0 Å². The van der Waals surface area contributed by atoms with E-state index < -0.39 is 0 Å². The lowest BCUT2D eigenvalue weighted by Crippen LogP contribution is -2.07. The van der Waals surface area contributed by atoms with Crippen molar-refractivity contribution in [2.45, 2.75) is 40.5 Å². The van der Waals surface area contributed by atoms with Crippen LogP contribution < -0.4 is 5.32 Å². The van der Waals surface area contributed by atoms with Crippen LogP contribution in [0, 0.1) is 20.8 Å². The highest BCUT2D eigenvalue weighted by molar-refractivity contribution is 7.12. The number of nitrogens with zero attached hydrogens (tertiary/aromatic N) is 2. The van der Waals surface area contributed by atoms with E-state index in [1.54, 1.807) is 11.3 Å². The van der Waals surface area contributed by atoms with Gasteiger partial charge < -0.3 is 5.32 Å². The number of aryl methyl sites for hydroxylation is 3. The van der Waals surface area contributed by atoms with Crippen LogP contribution in [0.1, 0.15) is 40.8 Å². The fourth-order valence-corrected chi connectivity index (χ4v) is 3.36. The molecule has 0 aliphatic carbocycles. The monoisotopic (exact) mass is 275 g/mol. The average molecular weight is 275 g/mol. The van der Waals surface area contributed by atoms with Crippen LogP contribution in [-0.2, 0) is 0 Å². The lowest BCUT2D eigenvalue weighted by Gasteiger charge is -2.15. The second kappa shape index (κ2) is 5.29. The molecule has 0 bridgehead atoms. The van der Waals surface area contributed by atoms with Crippen LogP contribution in [0.3, 0.4) is 0 Å². The largest absolute Gasteiger partial charge is 0.373 e. The first kappa shape index (κ1) is 14.0. The van der Waals surface area contributed by atoms with Crippen molar-refractivity contribution in [3.63, 3.8) is 0 Å². The molecule has 0 fully saturated rings. The zero-order valence-electron chi connectivity index (χ0n) is 12.5. The van der Waals surface area contributed by atoms with Crippen LogP contribution in [-0.4, -0.2) is 17.0 Å². The normalized spacial score (nSPS) is 11.1. The van der Waals surface area contributed by atoms with Crippen LogP contribution in [0.2, 0.25) is 0 Å². The second-order valence-corrected chi connectivity index (χ2v) is 6.59. The number of rotatable bonds is 3. The lowest BCUT2D eigenvalue weighted by atomic mass is 10.0. The Bertz CT molecular complexity index is 600. The predicted octanol–water partition coefficient (Wildman–Crippen LogP) is 4.30. The second-order valence-electron chi connectivity index (χ2n) is 5.13. The van der Waals surface area contributed by atoms with Gasteiger partial charge >= 0.3 is 0 Å². The lowest BCUT2D eigenvalue weighted by molar-refractivity contribution is 0.833. The molecule has 4 heteroatoms. The molecule has 19 heavy (non-hydrogen) atoms. The van der Waals surface area contributed by atoms with E-state index in [1.165, 1.54) is 15.3 Å². The third-order valence-corrected chi connectivity index (χ3v) is 4.20. The summed E-state index contributed by atoms with van der Waals surface area (Å²) in [6.07, 6.45) is 0. The van der Waals surface area contributed by atoms with E-state index >= 15 is 0 Å². The maximum Gasteiger partial charge on any atom is 0.162 e. The molecule has 1 N–H and O–H groups in total. The Labute approximate surface area is 119 Å². The minimum atomic E-state index is 0.418. The molecule has 0 spiro atoms. The number of hydrogen-bond acceptors (Lipinski definition) is 4. The summed E-state index contributed by atoms with van der Waals surface area (Å²) in [5.41, 5.74) is 3.42. The highest BCUT2D eigenvalue weighted by Crippen LogP contribution is 2.32. The quantitative estimate of drug-likeness (QED) is 0.907. The molecule has 0 aliphatic heterocycles. The van der Waals surface area contributed by atoms with E-state index in [-0.39, 0.29) is 0 Å². The summed E-state index contributed by atoms with van der Waals surface area (Å²) < 4.78 is 0. The Kier molecular flexibility index (Phi) is 3.90. The topological polar surface area (TPSA) is 37.8 Å². The summed E-state index contributed by atoms with van der Waals surface area (Å²) in [5, 5.41) is 3.21. The van der Waals surface area contributed by atoms with Crippen molar-refractivity contribution in [1.82, 2.24) is 9.97 Å². The minimum Gasteiger partial charge on any atom is -0.373 e. The molecule has 0 saturated heterocycles.